The zero-order valence-electron chi connectivity index (χ0n) is 14.9. The first-order valence-corrected chi connectivity index (χ1v) is 8.05. The highest BCUT2D eigenvalue weighted by Gasteiger charge is 2.10. The number of nitrogens with two attached hydrogens (primary N) is 1. The van der Waals surface area contributed by atoms with Gasteiger partial charge in [0, 0.05) is 11.6 Å². The lowest BCUT2D eigenvalue weighted by Crippen LogP contribution is -2.01. The molecule has 1 aromatic heterocycles. The summed E-state index contributed by atoms with van der Waals surface area (Å²) in [6.07, 6.45) is -0.278. The number of H-pyrrole nitrogens is 1. The Morgan fingerprint density at radius 1 is 1.11 bits per heavy atom. The van der Waals surface area contributed by atoms with Crippen LogP contribution in [-0.2, 0) is 0 Å². The van der Waals surface area contributed by atoms with Crippen molar-refractivity contribution in [2.75, 3.05) is 5.73 Å². The second-order valence-corrected chi connectivity index (χ2v) is 5.93. The number of carbonyl (C=O) groups is 1. The highest BCUT2D eigenvalue weighted by Crippen LogP contribution is 2.22. The number of anilines is 1. The van der Waals surface area contributed by atoms with Crippen molar-refractivity contribution in [3.05, 3.63) is 70.8 Å². The SMILES string of the molecule is Cc1ccc(-c2cc(N)n[nH]2)c(F)c1.Cc1ccc(C(=O)CC#N)c(F)c1. The molecule has 5 nitrogen and oxygen atoms in total. The lowest BCUT2D eigenvalue weighted by atomic mass is 10.1. The molecule has 0 aliphatic heterocycles. The average molecular weight is 368 g/mol. The molecule has 0 amide bonds. The molecule has 0 aliphatic rings. The van der Waals surface area contributed by atoms with Gasteiger partial charge in [0.2, 0.25) is 0 Å². The quantitative estimate of drug-likeness (QED) is 0.672. The van der Waals surface area contributed by atoms with Gasteiger partial charge in [0.15, 0.2) is 5.78 Å². The molecule has 0 bridgehead atoms. The third-order valence-corrected chi connectivity index (χ3v) is 3.68. The monoisotopic (exact) mass is 368 g/mol. The Morgan fingerprint density at radius 2 is 1.74 bits per heavy atom. The van der Waals surface area contributed by atoms with Crippen LogP contribution in [-0.4, -0.2) is 16.0 Å². The van der Waals surface area contributed by atoms with Gasteiger partial charge in [-0.3, -0.25) is 9.89 Å². The topological polar surface area (TPSA) is 95.6 Å². The van der Waals surface area contributed by atoms with Crippen LogP contribution in [0.4, 0.5) is 14.6 Å². The van der Waals surface area contributed by atoms with Gasteiger partial charge in [0.25, 0.3) is 0 Å². The summed E-state index contributed by atoms with van der Waals surface area (Å²) < 4.78 is 26.6. The number of nitrogen functional groups attached to an aromatic ring is 1. The van der Waals surface area contributed by atoms with Gasteiger partial charge in [-0.2, -0.15) is 10.4 Å². The van der Waals surface area contributed by atoms with Gasteiger partial charge in [-0.25, -0.2) is 8.78 Å². The molecular weight excluding hydrogens is 350 g/mol. The zero-order chi connectivity index (χ0) is 20.0. The average Bonchev–Trinajstić information content (AvgIpc) is 3.01. The van der Waals surface area contributed by atoms with Crippen molar-refractivity contribution in [3.63, 3.8) is 0 Å². The van der Waals surface area contributed by atoms with Crippen LogP contribution in [0.3, 0.4) is 0 Å². The fourth-order valence-electron chi connectivity index (χ4n) is 2.33. The summed E-state index contributed by atoms with van der Waals surface area (Å²) in [4.78, 5) is 11.1. The minimum atomic E-state index is -0.555. The van der Waals surface area contributed by atoms with E-state index in [2.05, 4.69) is 10.2 Å². The Kier molecular flexibility index (Phi) is 6.39. The molecule has 138 valence electrons. The van der Waals surface area contributed by atoms with E-state index in [1.54, 1.807) is 31.2 Å². The summed E-state index contributed by atoms with van der Waals surface area (Å²) in [5.41, 5.74) is 8.15. The number of hydrogen-bond donors (Lipinski definition) is 2. The van der Waals surface area contributed by atoms with Gasteiger partial charge in [-0.05, 0) is 49.2 Å². The summed E-state index contributed by atoms with van der Waals surface area (Å²) in [6, 6.07) is 12.7. The summed E-state index contributed by atoms with van der Waals surface area (Å²) in [7, 11) is 0. The van der Waals surface area contributed by atoms with Crippen molar-refractivity contribution in [2.24, 2.45) is 0 Å². The molecule has 0 atom stereocenters. The number of carbonyl (C=O) groups excluding carboxylic acids is 1. The van der Waals surface area contributed by atoms with Crippen LogP contribution in [0.1, 0.15) is 27.9 Å². The summed E-state index contributed by atoms with van der Waals surface area (Å²) in [6.45, 7) is 3.58. The first kappa shape index (κ1) is 19.8. The van der Waals surface area contributed by atoms with E-state index in [0.29, 0.717) is 17.1 Å². The number of ketones is 1. The summed E-state index contributed by atoms with van der Waals surface area (Å²) in [5.74, 6) is -0.936. The summed E-state index contributed by atoms with van der Waals surface area (Å²) >= 11 is 0. The number of Topliss-reactive ketones (excluding diaryl/α,β-unsaturated/α-hetero) is 1. The Morgan fingerprint density at radius 3 is 2.26 bits per heavy atom. The van der Waals surface area contributed by atoms with Gasteiger partial charge >= 0.3 is 0 Å². The van der Waals surface area contributed by atoms with Crippen LogP contribution >= 0.6 is 0 Å². The van der Waals surface area contributed by atoms with E-state index in [-0.39, 0.29) is 17.8 Å². The molecule has 0 aliphatic carbocycles. The van der Waals surface area contributed by atoms with Crippen molar-refractivity contribution < 1.29 is 13.6 Å². The molecular formula is C20H18F2N4O. The molecule has 1 heterocycles. The molecule has 0 saturated carbocycles. The normalized spacial score (nSPS) is 9.89. The fraction of sp³-hybridized carbons (Fsp3) is 0.150. The van der Waals surface area contributed by atoms with Gasteiger partial charge in [-0.15, -0.1) is 0 Å². The number of rotatable bonds is 3. The van der Waals surface area contributed by atoms with E-state index in [4.69, 9.17) is 11.0 Å². The zero-order valence-corrected chi connectivity index (χ0v) is 14.9. The predicted octanol–water partition coefficient (Wildman–Crippen LogP) is 4.34. The first-order valence-electron chi connectivity index (χ1n) is 8.05. The van der Waals surface area contributed by atoms with Gasteiger partial charge in [0.1, 0.15) is 17.5 Å². The number of hydrogen-bond acceptors (Lipinski definition) is 4. The maximum absolute atomic E-state index is 13.5. The number of nitrogens with one attached hydrogen (secondary N) is 1. The molecule has 27 heavy (non-hydrogen) atoms. The van der Waals surface area contributed by atoms with Crippen molar-refractivity contribution in [2.45, 2.75) is 20.3 Å². The third kappa shape index (κ3) is 5.22. The summed E-state index contributed by atoms with van der Waals surface area (Å²) in [5, 5.41) is 14.7. The number of aromatic nitrogens is 2. The molecule has 3 rings (SSSR count). The van der Waals surface area contributed by atoms with E-state index in [9.17, 15) is 13.6 Å². The number of aromatic amines is 1. The van der Waals surface area contributed by atoms with E-state index < -0.39 is 11.6 Å². The van der Waals surface area contributed by atoms with Crippen LogP contribution in [0.5, 0.6) is 0 Å². The maximum atomic E-state index is 13.5. The minimum Gasteiger partial charge on any atom is -0.382 e. The number of aryl methyl sites for hydroxylation is 2. The molecule has 0 spiro atoms. The van der Waals surface area contributed by atoms with Gasteiger partial charge in [-0.1, -0.05) is 12.1 Å². The van der Waals surface area contributed by atoms with Crippen LogP contribution in [0.15, 0.2) is 42.5 Å². The molecule has 3 N–H and O–H groups in total. The minimum absolute atomic E-state index is 0.00727. The third-order valence-electron chi connectivity index (χ3n) is 3.68. The van der Waals surface area contributed by atoms with Crippen LogP contribution in [0.2, 0.25) is 0 Å². The Bertz CT molecular complexity index is 1010. The largest absolute Gasteiger partial charge is 0.382 e. The number of benzene rings is 2. The molecule has 0 unspecified atom stereocenters. The molecule has 2 aromatic carbocycles. The standard InChI is InChI=1S/C10H10FN3.C10H8FNO/c1-6-2-3-7(8(11)4-6)9-5-10(12)14-13-9;1-7-2-3-8(9(11)6-7)10(13)4-5-12/h2-5H,1H3,(H3,12,13,14);2-3,6H,4H2,1H3. The van der Waals surface area contributed by atoms with Crippen molar-refractivity contribution in [1.29, 1.82) is 5.26 Å². The van der Waals surface area contributed by atoms with Crippen LogP contribution in [0, 0.1) is 36.8 Å². The van der Waals surface area contributed by atoms with Crippen molar-refractivity contribution in [3.8, 4) is 17.3 Å². The van der Waals surface area contributed by atoms with Crippen LogP contribution < -0.4 is 5.73 Å². The first-order chi connectivity index (χ1) is 12.8. The van der Waals surface area contributed by atoms with E-state index in [1.807, 2.05) is 13.0 Å². The predicted molar refractivity (Wildman–Crippen MR) is 98.8 cm³/mol. The Hall–Kier alpha value is -3.53. The van der Waals surface area contributed by atoms with Crippen molar-refractivity contribution >= 4 is 11.6 Å². The van der Waals surface area contributed by atoms with Gasteiger partial charge < -0.3 is 5.73 Å². The maximum Gasteiger partial charge on any atom is 0.179 e. The number of nitriles is 1. The molecule has 0 radical (unpaired) electrons. The van der Waals surface area contributed by atoms with Gasteiger partial charge in [0.05, 0.1) is 23.7 Å². The second kappa shape index (κ2) is 8.72. The molecule has 3 aromatic rings. The highest BCUT2D eigenvalue weighted by atomic mass is 19.1. The molecule has 0 fully saturated rings. The smallest absolute Gasteiger partial charge is 0.179 e. The highest BCUT2D eigenvalue weighted by molar-refractivity contribution is 5.97. The lowest BCUT2D eigenvalue weighted by Gasteiger charge is -2.00. The van der Waals surface area contributed by atoms with Crippen molar-refractivity contribution in [1.82, 2.24) is 10.2 Å². The second-order valence-electron chi connectivity index (χ2n) is 5.93. The Balaban J connectivity index is 0.000000194. The van der Waals surface area contributed by atoms with E-state index >= 15 is 0 Å². The number of halogens is 2. The lowest BCUT2D eigenvalue weighted by molar-refractivity contribution is 0.0994. The Labute approximate surface area is 155 Å². The molecule has 0 saturated heterocycles. The fourth-order valence-corrected chi connectivity index (χ4v) is 2.33. The van der Waals surface area contributed by atoms with E-state index in [0.717, 1.165) is 11.1 Å². The number of nitrogens with zero attached hydrogens (tertiary/aromatic N) is 2. The molecule has 7 heteroatoms. The van der Waals surface area contributed by atoms with Crippen LogP contribution in [0.25, 0.3) is 11.3 Å². The van der Waals surface area contributed by atoms with E-state index in [1.165, 1.54) is 18.2 Å².